The summed E-state index contributed by atoms with van der Waals surface area (Å²) in [5.74, 6) is 0.333. The topological polar surface area (TPSA) is 55.8 Å². The van der Waals surface area contributed by atoms with Crippen molar-refractivity contribution in [1.82, 2.24) is 0 Å². The number of ether oxygens (including phenoxy) is 2. The van der Waals surface area contributed by atoms with Gasteiger partial charge in [0, 0.05) is 0 Å². The molecule has 0 unspecified atom stereocenters. The maximum atomic E-state index is 11.1. The lowest BCUT2D eigenvalue weighted by molar-refractivity contribution is -0.133. The summed E-state index contributed by atoms with van der Waals surface area (Å²) in [7, 11) is 1.62. The Kier molecular flexibility index (Phi) is 4.23. The van der Waals surface area contributed by atoms with E-state index in [0.717, 1.165) is 17.7 Å². The van der Waals surface area contributed by atoms with Crippen molar-refractivity contribution in [2.24, 2.45) is 0 Å². The molecule has 0 saturated heterocycles. The van der Waals surface area contributed by atoms with E-state index in [1.54, 1.807) is 13.2 Å². The van der Waals surface area contributed by atoms with Crippen LogP contribution < -0.4 is 4.74 Å². The molecule has 0 atom stereocenters. The lowest BCUT2D eigenvalue weighted by Gasteiger charge is -2.16. The van der Waals surface area contributed by atoms with E-state index in [-0.39, 0.29) is 0 Å². The van der Waals surface area contributed by atoms with E-state index in [2.05, 4.69) is 0 Å². The van der Waals surface area contributed by atoms with Gasteiger partial charge in [-0.15, -0.1) is 0 Å². The molecule has 0 fully saturated rings. The summed E-state index contributed by atoms with van der Waals surface area (Å²) < 4.78 is 10.5. The van der Waals surface area contributed by atoms with Crippen molar-refractivity contribution in [3.63, 3.8) is 0 Å². The third-order valence-corrected chi connectivity index (χ3v) is 2.93. The molecule has 0 aliphatic carbocycles. The van der Waals surface area contributed by atoms with Gasteiger partial charge in [-0.25, -0.2) is 4.79 Å². The molecule has 1 aromatic rings. The molecule has 0 radical (unpaired) electrons. The highest BCUT2D eigenvalue weighted by Gasteiger charge is 2.17. The molecule has 1 N–H and O–H groups in total. The zero-order valence-electron chi connectivity index (χ0n) is 10.8. The van der Waals surface area contributed by atoms with Gasteiger partial charge in [-0.3, -0.25) is 0 Å². The van der Waals surface area contributed by atoms with Crippen molar-refractivity contribution in [2.45, 2.75) is 12.8 Å². The molecule has 1 aromatic carbocycles. The lowest BCUT2D eigenvalue weighted by atomic mass is 10.1. The molecule has 4 heteroatoms. The average molecular weight is 260 g/mol. The van der Waals surface area contributed by atoms with Gasteiger partial charge in [0.2, 0.25) is 0 Å². The molecular weight excluding hydrogens is 244 g/mol. The first-order chi connectivity index (χ1) is 9.20. The maximum Gasteiger partial charge on any atom is 0.335 e. The Labute approximate surface area is 112 Å². The number of carbonyl (C=O) groups is 1. The van der Waals surface area contributed by atoms with E-state index in [0.29, 0.717) is 24.4 Å². The van der Waals surface area contributed by atoms with Crippen molar-refractivity contribution in [3.05, 3.63) is 47.2 Å². The Bertz CT molecular complexity index is 511. The van der Waals surface area contributed by atoms with Crippen LogP contribution in [0.25, 0.3) is 6.08 Å². The Balaban J connectivity index is 2.17. The molecule has 100 valence electrons. The minimum atomic E-state index is -0.908. The van der Waals surface area contributed by atoms with E-state index < -0.39 is 5.97 Å². The number of rotatable bonds is 4. The lowest BCUT2D eigenvalue weighted by Crippen LogP contribution is -2.12. The smallest absolute Gasteiger partial charge is 0.335 e. The molecule has 0 aromatic heterocycles. The van der Waals surface area contributed by atoms with E-state index in [9.17, 15) is 4.79 Å². The quantitative estimate of drug-likeness (QED) is 0.904. The second kappa shape index (κ2) is 6.09. The summed E-state index contributed by atoms with van der Waals surface area (Å²) in [6.45, 7) is 0.569. The fourth-order valence-electron chi connectivity index (χ4n) is 1.89. The van der Waals surface area contributed by atoms with Gasteiger partial charge in [0.1, 0.15) is 11.5 Å². The monoisotopic (exact) mass is 260 g/mol. The first-order valence-electron chi connectivity index (χ1n) is 6.12. The number of allylic oxidation sites excluding steroid dienone is 1. The molecule has 1 heterocycles. The Morgan fingerprint density at radius 3 is 2.68 bits per heavy atom. The maximum absolute atomic E-state index is 11.1. The van der Waals surface area contributed by atoms with Crippen molar-refractivity contribution >= 4 is 12.0 Å². The minimum Gasteiger partial charge on any atom is -0.497 e. The van der Waals surface area contributed by atoms with Gasteiger partial charge >= 0.3 is 5.97 Å². The van der Waals surface area contributed by atoms with Crippen LogP contribution in [0.1, 0.15) is 18.4 Å². The fraction of sp³-hybridized carbons (Fsp3) is 0.267. The number of hydrogen-bond acceptors (Lipinski definition) is 3. The Morgan fingerprint density at radius 2 is 2.05 bits per heavy atom. The Hall–Kier alpha value is -2.23. The predicted octanol–water partition coefficient (Wildman–Crippen LogP) is 2.86. The first-order valence-corrected chi connectivity index (χ1v) is 6.12. The zero-order chi connectivity index (χ0) is 13.7. The number of methoxy groups -OCH3 is 1. The summed E-state index contributed by atoms with van der Waals surface area (Å²) in [5.41, 5.74) is 1.31. The van der Waals surface area contributed by atoms with Crippen molar-refractivity contribution in [3.8, 4) is 5.75 Å². The summed E-state index contributed by atoms with van der Waals surface area (Å²) in [6.07, 6.45) is 4.85. The van der Waals surface area contributed by atoms with E-state index in [4.69, 9.17) is 14.6 Å². The first kappa shape index (κ1) is 13.2. The van der Waals surface area contributed by atoms with E-state index in [1.165, 1.54) is 0 Å². The zero-order valence-corrected chi connectivity index (χ0v) is 10.8. The summed E-state index contributed by atoms with van der Waals surface area (Å²) in [4.78, 5) is 11.1. The standard InChI is InChI=1S/C15H16O4/c1-18-12-7-4-11(5-8-12)6-9-14-13(15(16)17)3-2-10-19-14/h4-9H,2-3,10H2,1H3,(H,16,17)/b9-6+. The molecule has 2 rings (SSSR count). The van der Waals surface area contributed by atoms with Gasteiger partial charge in [-0.2, -0.15) is 0 Å². The molecule has 0 bridgehead atoms. The second-order valence-electron chi connectivity index (χ2n) is 4.21. The van der Waals surface area contributed by atoms with Crippen LogP contribution in [-0.4, -0.2) is 24.8 Å². The molecule has 0 saturated carbocycles. The van der Waals surface area contributed by atoms with Gasteiger partial charge in [0.15, 0.2) is 0 Å². The van der Waals surface area contributed by atoms with Crippen LogP contribution in [0.2, 0.25) is 0 Å². The molecule has 0 spiro atoms. The van der Waals surface area contributed by atoms with Crippen LogP contribution in [0.4, 0.5) is 0 Å². The van der Waals surface area contributed by atoms with Crippen LogP contribution in [0, 0.1) is 0 Å². The molecule has 4 nitrogen and oxygen atoms in total. The van der Waals surface area contributed by atoms with Crippen LogP contribution in [0.15, 0.2) is 41.7 Å². The minimum absolute atomic E-state index is 0.344. The molecule has 19 heavy (non-hydrogen) atoms. The van der Waals surface area contributed by atoms with Crippen molar-refractivity contribution < 1.29 is 19.4 Å². The number of carboxylic acids is 1. The van der Waals surface area contributed by atoms with Gasteiger partial charge in [0.05, 0.1) is 19.3 Å². The number of benzene rings is 1. The molecule has 0 amide bonds. The molecule has 1 aliphatic heterocycles. The van der Waals surface area contributed by atoms with E-state index in [1.807, 2.05) is 30.3 Å². The summed E-state index contributed by atoms with van der Waals surface area (Å²) >= 11 is 0. The van der Waals surface area contributed by atoms with Crippen LogP contribution in [-0.2, 0) is 9.53 Å². The largest absolute Gasteiger partial charge is 0.497 e. The van der Waals surface area contributed by atoms with Gasteiger partial charge in [0.25, 0.3) is 0 Å². The highest BCUT2D eigenvalue weighted by Crippen LogP contribution is 2.21. The van der Waals surface area contributed by atoms with Crippen LogP contribution in [0.5, 0.6) is 5.75 Å². The number of carboxylic acid groups (broad SMARTS) is 1. The Morgan fingerprint density at radius 1 is 1.32 bits per heavy atom. The normalized spacial score (nSPS) is 15.4. The molecular formula is C15H16O4. The van der Waals surface area contributed by atoms with Crippen molar-refractivity contribution in [1.29, 1.82) is 0 Å². The van der Waals surface area contributed by atoms with Crippen LogP contribution in [0.3, 0.4) is 0 Å². The summed E-state index contributed by atoms with van der Waals surface area (Å²) in [6, 6.07) is 7.51. The van der Waals surface area contributed by atoms with Gasteiger partial charge in [-0.05, 0) is 36.6 Å². The predicted molar refractivity (Wildman–Crippen MR) is 71.9 cm³/mol. The van der Waals surface area contributed by atoms with Crippen molar-refractivity contribution in [2.75, 3.05) is 13.7 Å². The third kappa shape index (κ3) is 3.37. The van der Waals surface area contributed by atoms with Crippen LogP contribution >= 0.6 is 0 Å². The SMILES string of the molecule is COc1ccc(/C=C/C2=C(C(=O)O)CCCO2)cc1. The van der Waals surface area contributed by atoms with Gasteiger partial charge in [-0.1, -0.05) is 18.2 Å². The third-order valence-electron chi connectivity index (χ3n) is 2.93. The van der Waals surface area contributed by atoms with Gasteiger partial charge < -0.3 is 14.6 Å². The highest BCUT2D eigenvalue weighted by molar-refractivity contribution is 5.88. The number of hydrogen-bond donors (Lipinski definition) is 1. The average Bonchev–Trinajstić information content (AvgIpc) is 2.46. The summed E-state index contributed by atoms with van der Waals surface area (Å²) in [5, 5.41) is 9.09. The highest BCUT2D eigenvalue weighted by atomic mass is 16.5. The molecule has 1 aliphatic rings. The van der Waals surface area contributed by atoms with E-state index >= 15 is 0 Å². The number of aliphatic carboxylic acids is 1. The fourth-order valence-corrected chi connectivity index (χ4v) is 1.89. The second-order valence-corrected chi connectivity index (χ2v) is 4.21.